The summed E-state index contributed by atoms with van der Waals surface area (Å²) in [5.74, 6) is -0.711. The van der Waals surface area contributed by atoms with Crippen molar-refractivity contribution in [1.82, 2.24) is 9.88 Å². The minimum absolute atomic E-state index is 0.281. The second kappa shape index (κ2) is 8.97. The van der Waals surface area contributed by atoms with Gasteiger partial charge in [-0.05, 0) is 49.2 Å². The van der Waals surface area contributed by atoms with Crippen molar-refractivity contribution >= 4 is 28.3 Å². The van der Waals surface area contributed by atoms with Crippen molar-refractivity contribution in [3.63, 3.8) is 0 Å². The zero-order valence-electron chi connectivity index (χ0n) is 17.7. The van der Waals surface area contributed by atoms with E-state index < -0.39 is 0 Å². The molecular weight excluding hydrogens is 427 g/mol. The Balaban J connectivity index is 1.91. The van der Waals surface area contributed by atoms with Crippen molar-refractivity contribution < 1.29 is 9.18 Å². The number of halogens is 2. The summed E-state index contributed by atoms with van der Waals surface area (Å²) in [6.07, 6.45) is 0.575. The molecule has 0 spiro atoms. The zero-order chi connectivity index (χ0) is 22.8. The fourth-order valence-corrected chi connectivity index (χ4v) is 4.33. The third-order valence-corrected chi connectivity index (χ3v) is 5.92. The molecule has 0 bridgehead atoms. The number of pyridine rings is 1. The van der Waals surface area contributed by atoms with Crippen molar-refractivity contribution in [3.8, 4) is 5.69 Å². The molecule has 1 amide bonds. The number of aromatic nitrogens is 1. The molecule has 4 nitrogen and oxygen atoms in total. The van der Waals surface area contributed by atoms with Gasteiger partial charge in [0.25, 0.3) is 11.5 Å². The van der Waals surface area contributed by atoms with E-state index in [0.717, 1.165) is 0 Å². The summed E-state index contributed by atoms with van der Waals surface area (Å²) in [6, 6.07) is 20.0. The first kappa shape index (κ1) is 21.8. The summed E-state index contributed by atoms with van der Waals surface area (Å²) in [5.41, 5.74) is 1.90. The van der Waals surface area contributed by atoms with E-state index in [4.69, 9.17) is 11.6 Å². The predicted molar refractivity (Wildman–Crippen MR) is 126 cm³/mol. The van der Waals surface area contributed by atoms with Gasteiger partial charge in [-0.25, -0.2) is 4.39 Å². The molecule has 0 radical (unpaired) electrons. The molecular formula is C26H22ClFN2O2. The molecule has 3 aromatic carbocycles. The first-order valence-corrected chi connectivity index (χ1v) is 10.8. The van der Waals surface area contributed by atoms with Crippen molar-refractivity contribution in [1.29, 1.82) is 0 Å². The maximum absolute atomic E-state index is 13.8. The number of carbonyl (C=O) groups excluding carboxylic acids is 1. The highest BCUT2D eigenvalue weighted by Gasteiger charge is 2.23. The van der Waals surface area contributed by atoms with Gasteiger partial charge in [-0.2, -0.15) is 0 Å². The topological polar surface area (TPSA) is 51.1 Å². The summed E-state index contributed by atoms with van der Waals surface area (Å²) in [5, 5.41) is 4.06. The maximum atomic E-state index is 13.8. The summed E-state index contributed by atoms with van der Waals surface area (Å²) in [6.45, 7) is 3.66. The van der Waals surface area contributed by atoms with E-state index in [-0.39, 0.29) is 33.7 Å². The Bertz CT molecular complexity index is 1370. The number of carbonyl (C=O) groups is 1. The molecule has 32 heavy (non-hydrogen) atoms. The monoisotopic (exact) mass is 448 g/mol. The van der Waals surface area contributed by atoms with E-state index >= 15 is 0 Å². The second-order valence-electron chi connectivity index (χ2n) is 7.59. The lowest BCUT2D eigenvalue weighted by atomic mass is 10.00. The number of hydrogen-bond acceptors (Lipinski definition) is 2. The average Bonchev–Trinajstić information content (AvgIpc) is 2.78. The smallest absolute Gasteiger partial charge is 0.264 e. The molecule has 1 heterocycles. The number of amides is 1. The number of fused-ring (bicyclic) bond motifs is 1. The Hall–Kier alpha value is -3.44. The molecule has 4 aromatic rings. The number of rotatable bonds is 5. The fourth-order valence-electron chi connectivity index (χ4n) is 4.07. The van der Waals surface area contributed by atoms with Crippen LogP contribution in [0.15, 0.2) is 77.6 Å². The van der Waals surface area contributed by atoms with Crippen LogP contribution in [0.1, 0.15) is 41.0 Å². The van der Waals surface area contributed by atoms with Gasteiger partial charge in [0.2, 0.25) is 0 Å². The lowest BCUT2D eigenvalue weighted by molar-refractivity contribution is 0.0936. The fraction of sp³-hybridized carbons (Fsp3) is 0.154. The number of nitrogens with zero attached hydrogens (tertiary/aromatic N) is 1. The van der Waals surface area contributed by atoms with E-state index in [1.165, 1.54) is 16.7 Å². The molecule has 0 saturated carbocycles. The van der Waals surface area contributed by atoms with Crippen LogP contribution in [-0.4, -0.2) is 10.5 Å². The number of benzene rings is 3. The van der Waals surface area contributed by atoms with E-state index in [0.29, 0.717) is 34.3 Å². The maximum Gasteiger partial charge on any atom is 0.264 e. The van der Waals surface area contributed by atoms with Gasteiger partial charge in [0, 0.05) is 16.8 Å². The SMILES string of the molecule is CC[C@H](NC(=O)c1c(C)n(-c2ccccc2)c(=O)c2c(Cl)cccc12)c1cccc(F)c1. The molecule has 0 aliphatic rings. The highest BCUT2D eigenvalue weighted by Crippen LogP contribution is 2.28. The van der Waals surface area contributed by atoms with Gasteiger partial charge in [-0.15, -0.1) is 0 Å². The quantitative estimate of drug-likeness (QED) is 0.408. The second-order valence-corrected chi connectivity index (χ2v) is 8.00. The highest BCUT2D eigenvalue weighted by molar-refractivity contribution is 6.36. The first-order valence-electron chi connectivity index (χ1n) is 10.4. The molecule has 6 heteroatoms. The summed E-state index contributed by atoms with van der Waals surface area (Å²) >= 11 is 6.41. The average molecular weight is 449 g/mol. The lowest BCUT2D eigenvalue weighted by Gasteiger charge is -2.21. The molecule has 0 unspecified atom stereocenters. The van der Waals surface area contributed by atoms with Crippen molar-refractivity contribution in [2.45, 2.75) is 26.3 Å². The zero-order valence-corrected chi connectivity index (χ0v) is 18.5. The third kappa shape index (κ3) is 3.92. The molecule has 0 aliphatic heterocycles. The summed E-state index contributed by atoms with van der Waals surface area (Å²) in [7, 11) is 0. The molecule has 4 rings (SSSR count). The van der Waals surface area contributed by atoms with E-state index in [1.54, 1.807) is 49.4 Å². The van der Waals surface area contributed by atoms with Gasteiger partial charge in [0.1, 0.15) is 5.82 Å². The molecule has 0 fully saturated rings. The number of para-hydroxylation sites is 1. The number of hydrogen-bond donors (Lipinski definition) is 1. The van der Waals surface area contributed by atoms with Crippen molar-refractivity contribution in [2.75, 3.05) is 0 Å². The minimum Gasteiger partial charge on any atom is -0.345 e. The van der Waals surface area contributed by atoms with Crippen LogP contribution in [0.2, 0.25) is 5.02 Å². The predicted octanol–water partition coefficient (Wildman–Crippen LogP) is 5.97. The van der Waals surface area contributed by atoms with Crippen LogP contribution in [0.4, 0.5) is 4.39 Å². The number of nitrogens with one attached hydrogen (secondary N) is 1. The Morgan fingerprint density at radius 3 is 2.47 bits per heavy atom. The molecule has 1 atom stereocenters. The van der Waals surface area contributed by atoms with Gasteiger partial charge < -0.3 is 5.32 Å². The van der Waals surface area contributed by atoms with E-state index in [2.05, 4.69) is 5.32 Å². The van der Waals surface area contributed by atoms with Crippen LogP contribution in [-0.2, 0) is 0 Å². The molecule has 162 valence electrons. The Kier molecular flexibility index (Phi) is 6.10. The van der Waals surface area contributed by atoms with Gasteiger partial charge in [-0.1, -0.05) is 61.0 Å². The van der Waals surface area contributed by atoms with Crippen LogP contribution in [0.5, 0.6) is 0 Å². The molecule has 1 aromatic heterocycles. The largest absolute Gasteiger partial charge is 0.345 e. The lowest BCUT2D eigenvalue weighted by Crippen LogP contribution is -2.32. The van der Waals surface area contributed by atoms with Crippen LogP contribution in [0.25, 0.3) is 16.5 Å². The Morgan fingerprint density at radius 1 is 1.06 bits per heavy atom. The van der Waals surface area contributed by atoms with Crippen molar-refractivity contribution in [2.24, 2.45) is 0 Å². The third-order valence-electron chi connectivity index (χ3n) is 5.60. The first-order chi connectivity index (χ1) is 15.4. The Morgan fingerprint density at radius 2 is 1.78 bits per heavy atom. The van der Waals surface area contributed by atoms with Gasteiger partial charge >= 0.3 is 0 Å². The Labute approximate surface area is 190 Å². The van der Waals surface area contributed by atoms with Crippen LogP contribution in [0.3, 0.4) is 0 Å². The van der Waals surface area contributed by atoms with Gasteiger partial charge in [0.05, 0.1) is 22.0 Å². The van der Waals surface area contributed by atoms with Crippen LogP contribution >= 0.6 is 11.6 Å². The minimum atomic E-state index is -0.385. The normalized spacial score (nSPS) is 12.0. The van der Waals surface area contributed by atoms with Gasteiger partial charge in [-0.3, -0.25) is 14.2 Å². The van der Waals surface area contributed by atoms with Crippen LogP contribution < -0.4 is 10.9 Å². The molecule has 0 saturated heterocycles. The van der Waals surface area contributed by atoms with E-state index in [1.807, 2.05) is 25.1 Å². The molecule has 1 N–H and O–H groups in total. The highest BCUT2D eigenvalue weighted by atomic mass is 35.5. The van der Waals surface area contributed by atoms with Crippen molar-refractivity contribution in [3.05, 3.63) is 111 Å². The van der Waals surface area contributed by atoms with E-state index in [9.17, 15) is 14.0 Å². The van der Waals surface area contributed by atoms with Gasteiger partial charge in [0.15, 0.2) is 0 Å². The van der Waals surface area contributed by atoms with Crippen LogP contribution in [0, 0.1) is 12.7 Å². The standard InChI is InChI=1S/C26H22ClFN2O2/c1-3-22(17-9-7-10-18(28)15-17)29-25(31)23-16(2)30(19-11-5-4-6-12-19)26(32)24-20(23)13-8-14-21(24)27/h4-15,22H,3H2,1-2H3,(H,29,31)/t22-/m0/s1. The summed E-state index contributed by atoms with van der Waals surface area (Å²) < 4.78 is 15.3. The molecule has 0 aliphatic carbocycles. The summed E-state index contributed by atoms with van der Waals surface area (Å²) in [4.78, 5) is 26.9.